The van der Waals surface area contributed by atoms with E-state index in [1.54, 1.807) is 6.92 Å². The number of hydrogen-bond donors (Lipinski definition) is 3. The smallest absolute Gasteiger partial charge is 0.246 e. The summed E-state index contributed by atoms with van der Waals surface area (Å²) in [7, 11) is -4.19. The highest BCUT2D eigenvalue weighted by Crippen LogP contribution is 2.29. The first kappa shape index (κ1) is 22.9. The van der Waals surface area contributed by atoms with Gasteiger partial charge >= 0.3 is 0 Å². The number of nitrogens with zero attached hydrogens (tertiary/aromatic N) is 1. The summed E-state index contributed by atoms with van der Waals surface area (Å²) >= 11 is 5.72. The van der Waals surface area contributed by atoms with Crippen molar-refractivity contribution in [3.05, 3.63) is 58.6 Å². The van der Waals surface area contributed by atoms with E-state index in [4.69, 9.17) is 11.6 Å². The van der Waals surface area contributed by atoms with Crippen molar-refractivity contribution in [1.82, 2.24) is 4.31 Å². The van der Waals surface area contributed by atoms with Crippen LogP contribution in [0.1, 0.15) is 38.0 Å². The highest BCUT2D eigenvalue weighted by molar-refractivity contribution is 7.89. The summed E-state index contributed by atoms with van der Waals surface area (Å²) in [5.74, 6) is -1.56. The average molecular weight is 461 g/mol. The van der Waals surface area contributed by atoms with Crippen LogP contribution in [0.15, 0.2) is 41.3 Å². The van der Waals surface area contributed by atoms with Crippen LogP contribution in [0.25, 0.3) is 0 Å². The molecule has 30 heavy (non-hydrogen) atoms. The minimum Gasteiger partial charge on any atom is -0.393 e. The molecule has 1 aliphatic heterocycles. The lowest BCUT2D eigenvalue weighted by atomic mass is 10.1. The van der Waals surface area contributed by atoms with Crippen LogP contribution in [-0.4, -0.2) is 41.6 Å². The molecular weight excluding hydrogens is 438 g/mol. The summed E-state index contributed by atoms with van der Waals surface area (Å²) in [4.78, 5) is -0.554. The third-order valence-corrected chi connectivity index (χ3v) is 7.42. The van der Waals surface area contributed by atoms with Crippen molar-refractivity contribution < 1.29 is 27.4 Å². The van der Waals surface area contributed by atoms with Gasteiger partial charge in [0.25, 0.3) is 0 Å². The minimum absolute atomic E-state index is 0.109. The van der Waals surface area contributed by atoms with Gasteiger partial charge in [0.1, 0.15) is 16.5 Å². The summed E-state index contributed by atoms with van der Waals surface area (Å²) in [6.07, 6.45) is -0.798. The summed E-state index contributed by atoms with van der Waals surface area (Å²) in [6.45, 7) is 1.83. The van der Waals surface area contributed by atoms with Gasteiger partial charge in [-0.3, -0.25) is 0 Å². The van der Waals surface area contributed by atoms with E-state index < -0.39 is 44.9 Å². The molecule has 0 amide bonds. The normalized spacial score (nSPS) is 21.8. The number of hydrogen-bond acceptors (Lipinski definition) is 5. The summed E-state index contributed by atoms with van der Waals surface area (Å²) in [6, 6.07) is 6.55. The number of rotatable bonds is 5. The van der Waals surface area contributed by atoms with Crippen molar-refractivity contribution in [3.63, 3.8) is 0 Å². The van der Waals surface area contributed by atoms with E-state index in [0.29, 0.717) is 18.5 Å². The predicted molar refractivity (Wildman–Crippen MR) is 110 cm³/mol. The molecule has 164 valence electrons. The van der Waals surface area contributed by atoms with Crippen LogP contribution in [0.5, 0.6) is 0 Å². The van der Waals surface area contributed by atoms with Crippen molar-refractivity contribution in [1.29, 1.82) is 0 Å². The Bertz CT molecular complexity index is 1020. The van der Waals surface area contributed by atoms with Gasteiger partial charge in [-0.05, 0) is 56.5 Å². The molecular formula is C20H23ClF2N2O4S. The van der Waals surface area contributed by atoms with Crippen LogP contribution in [-0.2, 0) is 10.0 Å². The van der Waals surface area contributed by atoms with E-state index in [1.807, 2.05) is 0 Å². The molecule has 3 unspecified atom stereocenters. The third-order valence-electron chi connectivity index (χ3n) is 5.10. The molecule has 0 radical (unpaired) electrons. The maximum absolute atomic E-state index is 14.5. The Labute approximate surface area is 179 Å². The molecule has 0 bridgehead atoms. The van der Waals surface area contributed by atoms with Gasteiger partial charge in [-0.1, -0.05) is 17.7 Å². The Hall–Kier alpha value is -1.78. The average Bonchev–Trinajstić information content (AvgIpc) is 2.85. The van der Waals surface area contributed by atoms with Gasteiger partial charge in [-0.2, -0.15) is 4.31 Å². The quantitative estimate of drug-likeness (QED) is 0.593. The first-order valence-electron chi connectivity index (χ1n) is 9.48. The zero-order chi connectivity index (χ0) is 22.1. The molecule has 0 aliphatic carbocycles. The Morgan fingerprint density at radius 1 is 1.20 bits per heavy atom. The van der Waals surface area contributed by atoms with Gasteiger partial charge < -0.3 is 15.5 Å². The van der Waals surface area contributed by atoms with Gasteiger partial charge in [-0.25, -0.2) is 17.2 Å². The van der Waals surface area contributed by atoms with Gasteiger partial charge in [0.2, 0.25) is 10.0 Å². The van der Waals surface area contributed by atoms with Crippen LogP contribution in [0.2, 0.25) is 5.02 Å². The molecule has 1 saturated heterocycles. The molecule has 2 aromatic rings. The Morgan fingerprint density at radius 2 is 1.90 bits per heavy atom. The zero-order valence-corrected chi connectivity index (χ0v) is 17.8. The lowest BCUT2D eigenvalue weighted by Gasteiger charge is -2.27. The van der Waals surface area contributed by atoms with Crippen molar-refractivity contribution in [2.75, 3.05) is 11.9 Å². The fourth-order valence-electron chi connectivity index (χ4n) is 3.53. The second-order valence-corrected chi connectivity index (χ2v) is 9.63. The Kier molecular flexibility index (Phi) is 6.98. The van der Waals surface area contributed by atoms with E-state index in [2.05, 4.69) is 5.32 Å². The van der Waals surface area contributed by atoms with E-state index in [0.717, 1.165) is 18.2 Å². The lowest BCUT2D eigenvalue weighted by Crippen LogP contribution is -2.39. The molecule has 3 atom stereocenters. The van der Waals surface area contributed by atoms with Crippen molar-refractivity contribution >= 4 is 27.3 Å². The highest BCUT2D eigenvalue weighted by atomic mass is 35.5. The van der Waals surface area contributed by atoms with E-state index >= 15 is 0 Å². The van der Waals surface area contributed by atoms with Crippen molar-refractivity contribution in [2.45, 2.75) is 49.5 Å². The fraction of sp³-hybridized carbons (Fsp3) is 0.400. The minimum atomic E-state index is -4.19. The molecule has 10 heteroatoms. The fourth-order valence-corrected chi connectivity index (χ4v) is 5.49. The summed E-state index contributed by atoms with van der Waals surface area (Å²) in [5, 5.41) is 22.9. The number of anilines is 1. The second kappa shape index (κ2) is 9.15. The van der Waals surface area contributed by atoms with Crippen LogP contribution < -0.4 is 5.32 Å². The molecule has 0 saturated carbocycles. The zero-order valence-electron chi connectivity index (χ0n) is 16.2. The number of nitrogens with one attached hydrogen (secondary N) is 1. The van der Waals surface area contributed by atoms with Crippen LogP contribution in [0.4, 0.5) is 14.5 Å². The number of benzene rings is 2. The number of sulfonamides is 1. The predicted octanol–water partition coefficient (Wildman–Crippen LogP) is 3.65. The molecule has 3 rings (SSSR count). The standard InChI is InChI=1S/C20H23ClF2N2O4S/c1-12-9-15(26)3-2-8-25(12)30(28,29)19-10-13(4-6-18(19)23)20(27)24-14-5-7-17(22)16(21)11-14/h4-7,10-12,15,20,24,26-27H,2-3,8-9H2,1H3. The maximum Gasteiger partial charge on any atom is 0.246 e. The van der Waals surface area contributed by atoms with Crippen LogP contribution in [0, 0.1) is 11.6 Å². The lowest BCUT2D eigenvalue weighted by molar-refractivity contribution is 0.146. The van der Waals surface area contributed by atoms with Crippen LogP contribution >= 0.6 is 11.6 Å². The van der Waals surface area contributed by atoms with Gasteiger partial charge in [-0.15, -0.1) is 0 Å². The topological polar surface area (TPSA) is 89.9 Å². The number of aliphatic hydroxyl groups is 2. The first-order valence-corrected chi connectivity index (χ1v) is 11.3. The summed E-state index contributed by atoms with van der Waals surface area (Å²) in [5.41, 5.74) is 0.413. The first-order chi connectivity index (χ1) is 14.1. The monoisotopic (exact) mass is 460 g/mol. The van der Waals surface area contributed by atoms with Crippen molar-refractivity contribution in [3.8, 4) is 0 Å². The molecule has 1 fully saturated rings. The third kappa shape index (κ3) is 4.92. The molecule has 1 heterocycles. The van der Waals surface area contributed by atoms with Gasteiger partial charge in [0.05, 0.1) is 11.1 Å². The van der Waals surface area contributed by atoms with E-state index in [-0.39, 0.29) is 23.6 Å². The molecule has 0 spiro atoms. The number of halogens is 3. The number of aliphatic hydroxyl groups excluding tert-OH is 2. The van der Waals surface area contributed by atoms with Gasteiger partial charge in [0, 0.05) is 23.8 Å². The molecule has 0 aromatic heterocycles. The Morgan fingerprint density at radius 3 is 2.60 bits per heavy atom. The van der Waals surface area contributed by atoms with E-state index in [9.17, 15) is 27.4 Å². The van der Waals surface area contributed by atoms with Crippen molar-refractivity contribution in [2.24, 2.45) is 0 Å². The SMILES string of the molecule is CC1CC(O)CCCN1S(=O)(=O)c1cc(C(O)Nc2ccc(F)c(Cl)c2)ccc1F. The molecule has 2 aromatic carbocycles. The van der Waals surface area contributed by atoms with E-state index in [1.165, 1.54) is 22.5 Å². The molecule has 3 N–H and O–H groups in total. The highest BCUT2D eigenvalue weighted by Gasteiger charge is 2.34. The second-order valence-electron chi connectivity index (χ2n) is 7.36. The van der Waals surface area contributed by atoms with Crippen LogP contribution in [0.3, 0.4) is 0 Å². The molecule has 1 aliphatic rings. The van der Waals surface area contributed by atoms with Gasteiger partial charge in [0.15, 0.2) is 6.23 Å². The maximum atomic E-state index is 14.5. The largest absolute Gasteiger partial charge is 0.393 e. The summed E-state index contributed by atoms with van der Waals surface area (Å²) < 4.78 is 55.3. The molecule has 6 nitrogen and oxygen atoms in total. The Balaban J connectivity index is 1.89.